The Morgan fingerprint density at radius 2 is 1.94 bits per heavy atom. The standard InChI is InChI=1S/C11H9ClN2OS/c1-7-6-14(11(15)13-10(7)16)9-4-2-8(12)3-5-9/h2-6H,1H3,(H,13,15,16). The first-order valence-corrected chi connectivity index (χ1v) is 5.45. The van der Waals surface area contributed by atoms with Crippen molar-refractivity contribution in [3.05, 3.63) is 56.2 Å². The maximum Gasteiger partial charge on any atom is 0.331 e. The molecular formula is C11H9ClN2OS. The average molecular weight is 253 g/mol. The maximum atomic E-state index is 11.7. The first-order chi connectivity index (χ1) is 7.58. The minimum Gasteiger partial charge on any atom is -0.298 e. The van der Waals surface area contributed by atoms with Gasteiger partial charge in [0, 0.05) is 16.8 Å². The van der Waals surface area contributed by atoms with E-state index >= 15 is 0 Å². The summed E-state index contributed by atoms with van der Waals surface area (Å²) in [5, 5.41) is 0.636. The lowest BCUT2D eigenvalue weighted by Gasteiger charge is -2.06. The molecule has 0 aliphatic carbocycles. The number of aryl methyl sites for hydroxylation is 1. The van der Waals surface area contributed by atoms with E-state index in [2.05, 4.69) is 4.98 Å². The van der Waals surface area contributed by atoms with Crippen LogP contribution in [0.25, 0.3) is 5.69 Å². The molecule has 5 heteroatoms. The zero-order valence-electron chi connectivity index (χ0n) is 8.53. The molecule has 1 aromatic heterocycles. The van der Waals surface area contributed by atoms with Crippen molar-refractivity contribution in [2.75, 3.05) is 0 Å². The molecule has 0 saturated carbocycles. The number of benzene rings is 1. The van der Waals surface area contributed by atoms with Crippen LogP contribution in [-0.2, 0) is 0 Å². The van der Waals surface area contributed by atoms with Crippen LogP contribution in [-0.4, -0.2) is 9.55 Å². The fourth-order valence-corrected chi connectivity index (χ4v) is 1.63. The highest BCUT2D eigenvalue weighted by Crippen LogP contribution is 2.12. The predicted octanol–water partition coefficient (Wildman–Crippen LogP) is 2.86. The summed E-state index contributed by atoms with van der Waals surface area (Å²) in [6.07, 6.45) is 1.71. The molecule has 1 N–H and O–H groups in total. The van der Waals surface area contributed by atoms with Crippen LogP contribution in [0, 0.1) is 11.6 Å². The zero-order valence-corrected chi connectivity index (χ0v) is 10.1. The molecule has 2 aromatic rings. The maximum absolute atomic E-state index is 11.7. The average Bonchev–Trinajstić information content (AvgIpc) is 2.25. The number of aromatic nitrogens is 2. The number of halogens is 1. The zero-order chi connectivity index (χ0) is 11.7. The highest BCUT2D eigenvalue weighted by Gasteiger charge is 2.01. The van der Waals surface area contributed by atoms with Gasteiger partial charge in [0.1, 0.15) is 4.64 Å². The van der Waals surface area contributed by atoms with Crippen LogP contribution in [0.5, 0.6) is 0 Å². The van der Waals surface area contributed by atoms with Crippen LogP contribution in [0.4, 0.5) is 0 Å². The minimum absolute atomic E-state index is 0.252. The van der Waals surface area contributed by atoms with E-state index in [4.69, 9.17) is 23.8 Å². The summed E-state index contributed by atoms with van der Waals surface area (Å²) < 4.78 is 1.97. The first kappa shape index (κ1) is 11.1. The van der Waals surface area contributed by atoms with Crippen molar-refractivity contribution in [1.82, 2.24) is 9.55 Å². The number of rotatable bonds is 1. The Hall–Kier alpha value is -1.39. The number of nitrogens with one attached hydrogen (secondary N) is 1. The molecule has 1 aromatic carbocycles. The van der Waals surface area contributed by atoms with E-state index in [-0.39, 0.29) is 5.69 Å². The van der Waals surface area contributed by atoms with Gasteiger partial charge in [0.2, 0.25) is 0 Å². The van der Waals surface area contributed by atoms with E-state index in [1.165, 1.54) is 4.57 Å². The predicted molar refractivity (Wildman–Crippen MR) is 67.0 cm³/mol. The van der Waals surface area contributed by atoms with Crippen molar-refractivity contribution in [2.45, 2.75) is 6.92 Å². The summed E-state index contributed by atoms with van der Waals surface area (Å²) in [5.74, 6) is 0. The summed E-state index contributed by atoms with van der Waals surface area (Å²) in [4.78, 5) is 14.3. The summed E-state index contributed by atoms with van der Waals surface area (Å²) in [7, 11) is 0. The van der Waals surface area contributed by atoms with Crippen LogP contribution in [0.3, 0.4) is 0 Å². The van der Waals surface area contributed by atoms with Crippen LogP contribution >= 0.6 is 23.8 Å². The van der Waals surface area contributed by atoms with Crippen molar-refractivity contribution in [3.63, 3.8) is 0 Å². The molecule has 3 nitrogen and oxygen atoms in total. The smallest absolute Gasteiger partial charge is 0.298 e. The Balaban J connectivity index is 2.65. The summed E-state index contributed by atoms with van der Waals surface area (Å²) in [6.45, 7) is 1.85. The van der Waals surface area contributed by atoms with Crippen LogP contribution in [0.2, 0.25) is 5.02 Å². The second kappa shape index (κ2) is 4.23. The van der Waals surface area contributed by atoms with Gasteiger partial charge < -0.3 is 0 Å². The minimum atomic E-state index is -0.252. The van der Waals surface area contributed by atoms with E-state index in [0.717, 1.165) is 11.3 Å². The quantitative estimate of drug-likeness (QED) is 0.793. The van der Waals surface area contributed by atoms with Gasteiger partial charge in [0.15, 0.2) is 0 Å². The van der Waals surface area contributed by atoms with Crippen molar-refractivity contribution in [1.29, 1.82) is 0 Å². The number of nitrogens with zero attached hydrogens (tertiary/aromatic N) is 1. The molecule has 82 valence electrons. The Bertz CT molecular complexity index is 628. The third-order valence-corrected chi connectivity index (χ3v) is 2.90. The molecular weight excluding hydrogens is 244 g/mol. The lowest BCUT2D eigenvalue weighted by molar-refractivity contribution is 0.893. The highest BCUT2D eigenvalue weighted by atomic mass is 35.5. The monoisotopic (exact) mass is 252 g/mol. The van der Waals surface area contributed by atoms with Crippen LogP contribution < -0.4 is 5.69 Å². The molecule has 0 aliphatic rings. The van der Waals surface area contributed by atoms with Gasteiger partial charge in [0.25, 0.3) is 0 Å². The molecule has 0 amide bonds. The molecule has 0 bridgehead atoms. The molecule has 0 aliphatic heterocycles. The molecule has 0 saturated heterocycles. The second-order valence-electron chi connectivity index (χ2n) is 3.42. The van der Waals surface area contributed by atoms with E-state index < -0.39 is 0 Å². The summed E-state index contributed by atoms with van der Waals surface area (Å²) in [6, 6.07) is 7.03. The fourth-order valence-electron chi connectivity index (χ4n) is 1.36. The van der Waals surface area contributed by atoms with Gasteiger partial charge in [-0.2, -0.15) is 0 Å². The Morgan fingerprint density at radius 3 is 2.56 bits per heavy atom. The van der Waals surface area contributed by atoms with Crippen molar-refractivity contribution < 1.29 is 0 Å². The molecule has 2 rings (SSSR count). The number of hydrogen-bond acceptors (Lipinski definition) is 2. The molecule has 0 atom stereocenters. The van der Waals surface area contributed by atoms with Gasteiger partial charge in [-0.15, -0.1) is 0 Å². The van der Waals surface area contributed by atoms with Crippen LogP contribution in [0.1, 0.15) is 5.56 Å². The molecule has 0 unspecified atom stereocenters. The number of hydrogen-bond donors (Lipinski definition) is 1. The number of H-pyrrole nitrogens is 1. The SMILES string of the molecule is Cc1cn(-c2ccc(Cl)cc2)c(=O)[nH]c1=S. The molecule has 0 radical (unpaired) electrons. The lowest BCUT2D eigenvalue weighted by atomic mass is 10.3. The molecule has 0 fully saturated rings. The fraction of sp³-hybridized carbons (Fsp3) is 0.0909. The van der Waals surface area contributed by atoms with Gasteiger partial charge in [-0.1, -0.05) is 23.8 Å². The van der Waals surface area contributed by atoms with Crippen LogP contribution in [0.15, 0.2) is 35.3 Å². The normalized spacial score (nSPS) is 10.4. The van der Waals surface area contributed by atoms with Gasteiger partial charge in [-0.3, -0.25) is 9.55 Å². The van der Waals surface area contributed by atoms with Gasteiger partial charge in [-0.25, -0.2) is 4.79 Å². The topological polar surface area (TPSA) is 37.8 Å². The summed E-state index contributed by atoms with van der Waals surface area (Å²) >= 11 is 10.8. The number of aromatic amines is 1. The van der Waals surface area contributed by atoms with E-state index in [1.54, 1.807) is 30.5 Å². The first-order valence-electron chi connectivity index (χ1n) is 4.66. The van der Waals surface area contributed by atoms with Crippen molar-refractivity contribution in [2.24, 2.45) is 0 Å². The third-order valence-electron chi connectivity index (χ3n) is 2.22. The second-order valence-corrected chi connectivity index (χ2v) is 4.26. The Morgan fingerprint density at radius 1 is 1.31 bits per heavy atom. The lowest BCUT2D eigenvalue weighted by Crippen LogP contribution is -2.21. The molecule has 0 spiro atoms. The molecule has 16 heavy (non-hydrogen) atoms. The Labute approximate surface area is 102 Å². The van der Waals surface area contributed by atoms with E-state index in [0.29, 0.717) is 9.66 Å². The Kier molecular flexibility index (Phi) is 2.94. The summed E-state index contributed by atoms with van der Waals surface area (Å²) in [5.41, 5.74) is 1.35. The van der Waals surface area contributed by atoms with E-state index in [1.807, 2.05) is 6.92 Å². The van der Waals surface area contributed by atoms with Gasteiger partial charge in [0.05, 0.1) is 5.69 Å². The van der Waals surface area contributed by atoms with Gasteiger partial charge >= 0.3 is 5.69 Å². The van der Waals surface area contributed by atoms with Crippen molar-refractivity contribution >= 4 is 23.8 Å². The largest absolute Gasteiger partial charge is 0.331 e. The highest BCUT2D eigenvalue weighted by molar-refractivity contribution is 7.71. The molecule has 1 heterocycles. The third kappa shape index (κ3) is 2.08. The van der Waals surface area contributed by atoms with Gasteiger partial charge in [-0.05, 0) is 31.2 Å². The van der Waals surface area contributed by atoms with Crippen molar-refractivity contribution in [3.8, 4) is 5.69 Å². The van der Waals surface area contributed by atoms with E-state index in [9.17, 15) is 4.79 Å².